The second kappa shape index (κ2) is 6.89. The maximum Gasteiger partial charge on any atom is 0.317 e. The van der Waals surface area contributed by atoms with Gasteiger partial charge in [-0.3, -0.25) is 0 Å². The summed E-state index contributed by atoms with van der Waals surface area (Å²) >= 11 is 1.58. The van der Waals surface area contributed by atoms with Gasteiger partial charge in [0.1, 0.15) is 5.01 Å². The molecule has 1 atom stereocenters. The van der Waals surface area contributed by atoms with Gasteiger partial charge in [-0.05, 0) is 6.42 Å². The number of hydrogen-bond acceptors (Lipinski definition) is 4. The van der Waals surface area contributed by atoms with Crippen molar-refractivity contribution in [2.24, 2.45) is 5.92 Å². The van der Waals surface area contributed by atoms with Crippen LogP contribution in [0.5, 0.6) is 0 Å². The zero-order chi connectivity index (χ0) is 15.4. The van der Waals surface area contributed by atoms with Gasteiger partial charge in [-0.15, -0.1) is 11.3 Å². The van der Waals surface area contributed by atoms with E-state index in [1.165, 1.54) is 0 Å². The zero-order valence-electron chi connectivity index (χ0n) is 12.2. The standard InChI is InChI=1S/C16H19N3O2S/c20-10-12-6-7-19(9-12)16(21)17-8-14-11-22-15(18-14)13-4-2-1-3-5-13/h1-5,11-12,20H,6-10H2,(H,17,21). The van der Waals surface area contributed by atoms with Crippen molar-refractivity contribution >= 4 is 17.4 Å². The van der Waals surface area contributed by atoms with Crippen LogP contribution in [0.3, 0.4) is 0 Å². The molecule has 3 rings (SSSR count). The van der Waals surface area contributed by atoms with Gasteiger partial charge in [-0.1, -0.05) is 30.3 Å². The van der Waals surface area contributed by atoms with Crippen molar-refractivity contribution in [3.63, 3.8) is 0 Å². The summed E-state index contributed by atoms with van der Waals surface area (Å²) in [6.45, 7) is 1.93. The maximum absolute atomic E-state index is 12.1. The first-order valence-corrected chi connectivity index (χ1v) is 8.27. The predicted octanol–water partition coefficient (Wildman–Crippen LogP) is 2.33. The Bertz CT molecular complexity index is 629. The Morgan fingerprint density at radius 2 is 2.23 bits per heavy atom. The first-order valence-electron chi connectivity index (χ1n) is 7.39. The minimum atomic E-state index is -0.0785. The van der Waals surface area contributed by atoms with E-state index in [0.29, 0.717) is 19.6 Å². The number of hydrogen-bond donors (Lipinski definition) is 2. The lowest BCUT2D eigenvalue weighted by molar-refractivity contribution is 0.198. The van der Waals surface area contributed by atoms with Gasteiger partial charge in [0.25, 0.3) is 0 Å². The van der Waals surface area contributed by atoms with Crippen molar-refractivity contribution in [3.05, 3.63) is 41.4 Å². The number of urea groups is 1. The van der Waals surface area contributed by atoms with Gasteiger partial charge in [0, 0.05) is 36.6 Å². The lowest BCUT2D eigenvalue weighted by Crippen LogP contribution is -2.38. The minimum absolute atomic E-state index is 0.0785. The molecule has 1 fully saturated rings. The molecule has 2 heterocycles. The number of thiazole rings is 1. The van der Waals surface area contributed by atoms with Crippen molar-refractivity contribution in [1.29, 1.82) is 0 Å². The van der Waals surface area contributed by atoms with E-state index in [-0.39, 0.29) is 18.6 Å². The number of amides is 2. The Morgan fingerprint density at radius 1 is 1.41 bits per heavy atom. The molecule has 2 N–H and O–H groups in total. The normalized spacial score (nSPS) is 17.7. The van der Waals surface area contributed by atoms with E-state index < -0.39 is 0 Å². The smallest absolute Gasteiger partial charge is 0.317 e. The van der Waals surface area contributed by atoms with Gasteiger partial charge in [0.05, 0.1) is 12.2 Å². The van der Waals surface area contributed by atoms with Crippen LogP contribution in [-0.4, -0.2) is 40.7 Å². The second-order valence-electron chi connectivity index (χ2n) is 5.45. The number of benzene rings is 1. The van der Waals surface area contributed by atoms with E-state index in [4.69, 9.17) is 5.11 Å². The second-order valence-corrected chi connectivity index (χ2v) is 6.31. The lowest BCUT2D eigenvalue weighted by atomic mass is 10.1. The number of aromatic nitrogens is 1. The molecule has 2 amide bonds. The molecule has 6 heteroatoms. The number of carbonyl (C=O) groups excluding carboxylic acids is 1. The predicted molar refractivity (Wildman–Crippen MR) is 86.6 cm³/mol. The first-order chi connectivity index (χ1) is 10.8. The fourth-order valence-electron chi connectivity index (χ4n) is 2.55. The molecule has 2 aromatic rings. The summed E-state index contributed by atoms with van der Waals surface area (Å²) < 4.78 is 0. The molecule has 1 aliphatic rings. The van der Waals surface area contributed by atoms with Crippen LogP contribution in [0.4, 0.5) is 4.79 Å². The summed E-state index contributed by atoms with van der Waals surface area (Å²) in [5.74, 6) is 0.217. The SMILES string of the molecule is O=C(NCc1csc(-c2ccccc2)n1)N1CCC(CO)C1. The molecule has 0 saturated carbocycles. The highest BCUT2D eigenvalue weighted by Crippen LogP contribution is 2.23. The molecule has 116 valence electrons. The summed E-state index contributed by atoms with van der Waals surface area (Å²) in [6.07, 6.45) is 0.874. The number of likely N-dealkylation sites (tertiary alicyclic amines) is 1. The lowest BCUT2D eigenvalue weighted by Gasteiger charge is -2.16. The molecule has 0 bridgehead atoms. The Labute approximate surface area is 133 Å². The van der Waals surface area contributed by atoms with E-state index >= 15 is 0 Å². The molecule has 1 aliphatic heterocycles. The number of aliphatic hydroxyl groups is 1. The van der Waals surface area contributed by atoms with E-state index in [1.54, 1.807) is 16.2 Å². The van der Waals surface area contributed by atoms with Crippen LogP contribution >= 0.6 is 11.3 Å². The van der Waals surface area contributed by atoms with Crippen LogP contribution in [0, 0.1) is 5.92 Å². The fourth-order valence-corrected chi connectivity index (χ4v) is 3.37. The van der Waals surface area contributed by atoms with Crippen molar-refractivity contribution in [3.8, 4) is 10.6 Å². The molecule has 1 aromatic heterocycles. The Kier molecular flexibility index (Phi) is 4.70. The molecule has 0 spiro atoms. The molecular weight excluding hydrogens is 298 g/mol. The van der Waals surface area contributed by atoms with Crippen molar-refractivity contribution < 1.29 is 9.90 Å². The van der Waals surface area contributed by atoms with Crippen LogP contribution in [-0.2, 0) is 6.54 Å². The number of rotatable bonds is 4. The average molecular weight is 317 g/mol. The third-order valence-corrected chi connectivity index (χ3v) is 4.76. The third-order valence-electron chi connectivity index (χ3n) is 3.82. The molecule has 5 nitrogen and oxygen atoms in total. The van der Waals surface area contributed by atoms with Crippen LogP contribution in [0.2, 0.25) is 0 Å². The Hall–Kier alpha value is -1.92. The van der Waals surface area contributed by atoms with Gasteiger partial charge in [0.2, 0.25) is 0 Å². The van der Waals surface area contributed by atoms with Crippen molar-refractivity contribution in [1.82, 2.24) is 15.2 Å². The summed E-state index contributed by atoms with van der Waals surface area (Å²) in [5.41, 5.74) is 1.96. The quantitative estimate of drug-likeness (QED) is 0.909. The molecule has 22 heavy (non-hydrogen) atoms. The molecule has 1 aromatic carbocycles. The van der Waals surface area contributed by atoms with Crippen LogP contribution < -0.4 is 5.32 Å². The molecule has 1 saturated heterocycles. The van der Waals surface area contributed by atoms with Gasteiger partial charge in [-0.25, -0.2) is 9.78 Å². The van der Waals surface area contributed by atoms with E-state index in [9.17, 15) is 4.79 Å². The highest BCUT2D eigenvalue weighted by molar-refractivity contribution is 7.13. The fraction of sp³-hybridized carbons (Fsp3) is 0.375. The van der Waals surface area contributed by atoms with Gasteiger partial charge >= 0.3 is 6.03 Å². The van der Waals surface area contributed by atoms with Gasteiger partial charge in [-0.2, -0.15) is 0 Å². The summed E-state index contributed by atoms with van der Waals surface area (Å²) in [5, 5.41) is 15.0. The molecule has 1 unspecified atom stereocenters. The topological polar surface area (TPSA) is 65.5 Å². The van der Waals surface area contributed by atoms with Crippen LogP contribution in [0.25, 0.3) is 10.6 Å². The van der Waals surface area contributed by atoms with Crippen LogP contribution in [0.15, 0.2) is 35.7 Å². The van der Waals surface area contributed by atoms with E-state index in [2.05, 4.69) is 10.3 Å². The number of nitrogens with zero attached hydrogens (tertiary/aromatic N) is 2. The third kappa shape index (κ3) is 3.45. The molecular formula is C16H19N3O2S. The number of carbonyl (C=O) groups is 1. The first kappa shape index (κ1) is 15.0. The number of nitrogens with one attached hydrogen (secondary N) is 1. The van der Waals surface area contributed by atoms with Crippen LogP contribution in [0.1, 0.15) is 12.1 Å². The average Bonchev–Trinajstić information content (AvgIpc) is 3.22. The monoisotopic (exact) mass is 317 g/mol. The number of aliphatic hydroxyl groups excluding tert-OH is 1. The van der Waals surface area contributed by atoms with Crippen molar-refractivity contribution in [2.45, 2.75) is 13.0 Å². The summed E-state index contributed by atoms with van der Waals surface area (Å²) in [4.78, 5) is 18.4. The summed E-state index contributed by atoms with van der Waals surface area (Å²) in [7, 11) is 0. The van der Waals surface area contributed by atoms with E-state index in [0.717, 1.165) is 22.7 Å². The summed E-state index contributed by atoms with van der Waals surface area (Å²) in [6, 6.07) is 9.94. The Morgan fingerprint density at radius 3 is 2.95 bits per heavy atom. The van der Waals surface area contributed by atoms with E-state index in [1.807, 2.05) is 35.7 Å². The van der Waals surface area contributed by atoms with Gasteiger partial charge in [0.15, 0.2) is 0 Å². The minimum Gasteiger partial charge on any atom is -0.396 e. The highest BCUT2D eigenvalue weighted by atomic mass is 32.1. The highest BCUT2D eigenvalue weighted by Gasteiger charge is 2.25. The largest absolute Gasteiger partial charge is 0.396 e. The Balaban J connectivity index is 1.54. The van der Waals surface area contributed by atoms with Gasteiger partial charge < -0.3 is 15.3 Å². The molecule has 0 aliphatic carbocycles. The zero-order valence-corrected chi connectivity index (χ0v) is 13.1. The maximum atomic E-state index is 12.1. The molecule has 0 radical (unpaired) electrons. The van der Waals surface area contributed by atoms with Crippen molar-refractivity contribution in [2.75, 3.05) is 19.7 Å².